The zero-order valence-electron chi connectivity index (χ0n) is 9.62. The molecule has 0 amide bonds. The molecule has 2 nitrogen and oxygen atoms in total. The van der Waals surface area contributed by atoms with Gasteiger partial charge < -0.3 is 0 Å². The van der Waals surface area contributed by atoms with Crippen LogP contribution < -0.4 is 10.4 Å². The molecule has 1 aromatic rings. The Labute approximate surface area is 99.3 Å². The van der Waals surface area contributed by atoms with Crippen molar-refractivity contribution in [1.29, 1.82) is 0 Å². The van der Waals surface area contributed by atoms with Gasteiger partial charge in [0.05, 0.1) is 5.57 Å². The molecule has 0 atom stereocenters. The highest BCUT2D eigenvalue weighted by molar-refractivity contribution is 6.39. The Morgan fingerprint density at radius 2 is 1.82 bits per heavy atom. The van der Waals surface area contributed by atoms with Gasteiger partial charge in [-0.1, -0.05) is 37.5 Å². The summed E-state index contributed by atoms with van der Waals surface area (Å²) in [6.07, 6.45) is 5.62. The van der Waals surface area contributed by atoms with Crippen LogP contribution in [0.25, 0.3) is 12.7 Å². The van der Waals surface area contributed by atoms with Gasteiger partial charge in [0, 0.05) is 11.1 Å². The normalized spacial score (nSPS) is 16.1. The first-order valence-corrected chi connectivity index (χ1v) is 5.31. The Morgan fingerprint density at radius 3 is 2.47 bits per heavy atom. The second-order valence-corrected chi connectivity index (χ2v) is 3.89. The molecule has 2 rings (SSSR count). The van der Waals surface area contributed by atoms with Gasteiger partial charge in [0.25, 0.3) is 0 Å². The Kier molecular flexibility index (Phi) is 2.64. The van der Waals surface area contributed by atoms with E-state index in [1.807, 2.05) is 25.2 Å². The van der Waals surface area contributed by atoms with E-state index >= 15 is 0 Å². The summed E-state index contributed by atoms with van der Waals surface area (Å²) in [6, 6.07) is 3.46. The third kappa shape index (κ3) is 1.58. The monoisotopic (exact) mass is 224 g/mol. The van der Waals surface area contributed by atoms with Crippen LogP contribution >= 0.6 is 0 Å². The topological polar surface area (TPSA) is 34.1 Å². The molecule has 0 unspecified atom stereocenters. The molecule has 2 heteroatoms. The third-order valence-corrected chi connectivity index (χ3v) is 2.84. The van der Waals surface area contributed by atoms with E-state index in [1.54, 1.807) is 12.1 Å². The number of rotatable bonds is 1. The van der Waals surface area contributed by atoms with E-state index in [4.69, 9.17) is 0 Å². The fourth-order valence-electron chi connectivity index (χ4n) is 1.89. The first-order chi connectivity index (χ1) is 8.07. The molecule has 0 fully saturated rings. The summed E-state index contributed by atoms with van der Waals surface area (Å²) in [4.78, 5) is 23.6. The maximum absolute atomic E-state index is 11.9. The van der Waals surface area contributed by atoms with Crippen LogP contribution in [0.1, 0.15) is 27.6 Å². The van der Waals surface area contributed by atoms with Crippen LogP contribution in [-0.2, 0) is 0 Å². The quantitative estimate of drug-likeness (QED) is 0.533. The van der Waals surface area contributed by atoms with Crippen LogP contribution in [-0.4, -0.2) is 11.6 Å². The molecule has 0 aromatic heterocycles. The number of allylic oxidation sites excluding steroid dienone is 3. The fourth-order valence-corrected chi connectivity index (χ4v) is 1.89. The molecule has 0 bridgehead atoms. The molecule has 1 aromatic carbocycles. The lowest BCUT2D eigenvalue weighted by molar-refractivity contribution is 0.0989. The van der Waals surface area contributed by atoms with Gasteiger partial charge in [0.2, 0.25) is 0 Å². The number of hydrogen-bond donors (Lipinski definition) is 0. The van der Waals surface area contributed by atoms with Crippen LogP contribution in [0.4, 0.5) is 0 Å². The number of benzene rings is 1. The van der Waals surface area contributed by atoms with E-state index < -0.39 is 0 Å². The molecule has 1 aliphatic carbocycles. The summed E-state index contributed by atoms with van der Waals surface area (Å²) < 4.78 is 0. The Balaban J connectivity index is 2.80. The van der Waals surface area contributed by atoms with E-state index in [1.165, 1.54) is 0 Å². The van der Waals surface area contributed by atoms with Crippen molar-refractivity contribution >= 4 is 24.2 Å². The van der Waals surface area contributed by atoms with Crippen molar-refractivity contribution in [3.05, 3.63) is 58.0 Å². The minimum absolute atomic E-state index is 0.0353. The molecule has 0 aliphatic heterocycles. The van der Waals surface area contributed by atoms with Gasteiger partial charge in [-0.25, -0.2) is 0 Å². The van der Waals surface area contributed by atoms with E-state index in [9.17, 15) is 9.59 Å². The van der Waals surface area contributed by atoms with Crippen molar-refractivity contribution in [2.24, 2.45) is 0 Å². The molecular weight excluding hydrogens is 212 g/mol. The Bertz CT molecular complexity index is 676. The molecule has 17 heavy (non-hydrogen) atoms. The largest absolute Gasteiger partial charge is 0.288 e. The maximum atomic E-state index is 11.9. The van der Waals surface area contributed by atoms with Crippen molar-refractivity contribution in [1.82, 2.24) is 0 Å². The minimum Gasteiger partial charge on any atom is -0.288 e. The number of carbonyl (C=O) groups excluding carboxylic acids is 2. The zero-order chi connectivity index (χ0) is 12.6. The van der Waals surface area contributed by atoms with Crippen molar-refractivity contribution in [2.75, 3.05) is 0 Å². The molecule has 0 saturated heterocycles. The average Bonchev–Trinajstić information content (AvgIpc) is 2.54. The van der Waals surface area contributed by atoms with Crippen molar-refractivity contribution in [3.63, 3.8) is 0 Å². The first kappa shape index (κ1) is 11.3. The van der Waals surface area contributed by atoms with Gasteiger partial charge >= 0.3 is 0 Å². The average molecular weight is 224 g/mol. The maximum Gasteiger partial charge on any atom is 0.197 e. The summed E-state index contributed by atoms with van der Waals surface area (Å²) in [5, 5.41) is 1.44. The van der Waals surface area contributed by atoms with Crippen LogP contribution in [0.5, 0.6) is 0 Å². The summed E-state index contributed by atoms with van der Waals surface area (Å²) in [5.74, 6) is -0.585. The minimum atomic E-state index is -0.300. The van der Waals surface area contributed by atoms with Crippen LogP contribution in [0.15, 0.2) is 36.4 Å². The molecule has 0 N–H and O–H groups in total. The third-order valence-electron chi connectivity index (χ3n) is 2.84. The van der Waals surface area contributed by atoms with Gasteiger partial charge in [0.1, 0.15) is 0 Å². The van der Waals surface area contributed by atoms with Gasteiger partial charge in [-0.15, -0.1) is 0 Å². The molecule has 1 aliphatic rings. The number of carbonyl (C=O) groups is 2. The Hall–Kier alpha value is -2.22. The van der Waals surface area contributed by atoms with Crippen LogP contribution in [0.3, 0.4) is 0 Å². The summed E-state index contributed by atoms with van der Waals surface area (Å²) in [5.41, 5.74) is 0.856. The number of Topliss-reactive ketones (excluding diaryl/α,β-unsaturated/α-hetero) is 2. The second kappa shape index (κ2) is 3.98. The lowest BCUT2D eigenvalue weighted by Gasteiger charge is -1.96. The molecule has 0 radical (unpaired) electrons. The van der Waals surface area contributed by atoms with E-state index in [0.717, 1.165) is 5.22 Å². The van der Waals surface area contributed by atoms with Gasteiger partial charge in [-0.2, -0.15) is 0 Å². The van der Waals surface area contributed by atoms with Crippen molar-refractivity contribution in [2.45, 2.75) is 6.92 Å². The lowest BCUT2D eigenvalue weighted by atomic mass is 10.1. The molecule has 84 valence electrons. The summed E-state index contributed by atoms with van der Waals surface area (Å²) >= 11 is 0. The molecular formula is C15H12O2. The van der Waals surface area contributed by atoms with E-state index in [0.29, 0.717) is 16.3 Å². The summed E-state index contributed by atoms with van der Waals surface area (Å²) in [7, 11) is 0. The number of fused-ring (bicyclic) bond motifs is 1. The van der Waals surface area contributed by atoms with Gasteiger partial charge in [-0.3, -0.25) is 9.59 Å². The van der Waals surface area contributed by atoms with E-state index in [2.05, 4.69) is 13.2 Å². The number of ketones is 2. The van der Waals surface area contributed by atoms with Crippen LogP contribution in [0.2, 0.25) is 0 Å². The van der Waals surface area contributed by atoms with Crippen molar-refractivity contribution < 1.29 is 9.59 Å². The van der Waals surface area contributed by atoms with Crippen molar-refractivity contribution in [3.8, 4) is 0 Å². The Morgan fingerprint density at radius 1 is 1.12 bits per heavy atom. The first-order valence-electron chi connectivity index (χ1n) is 5.31. The highest BCUT2D eigenvalue weighted by atomic mass is 16.2. The highest BCUT2D eigenvalue weighted by Gasteiger charge is 2.31. The molecule has 0 saturated carbocycles. The van der Waals surface area contributed by atoms with Crippen LogP contribution in [0, 0.1) is 0 Å². The number of hydrogen-bond acceptors (Lipinski definition) is 2. The standard InChI is InChI=1S/C15H12O2/c1-4-5-6-11-7-8-12-13(9(11)2)15(17)10(3)14(12)16/h4-8H,2-3H2,1H3/b5-4-,11-6-. The fraction of sp³-hybridized carbons (Fsp3) is 0.0667. The lowest BCUT2D eigenvalue weighted by Crippen LogP contribution is -2.28. The molecule has 0 heterocycles. The van der Waals surface area contributed by atoms with Gasteiger partial charge in [0.15, 0.2) is 11.6 Å². The molecule has 0 spiro atoms. The summed E-state index contributed by atoms with van der Waals surface area (Å²) in [6.45, 7) is 9.30. The SMILES string of the molecule is C=C1C(=O)c2cc/c(=C/C=C\C)c(=C)c2C1=O. The predicted octanol–water partition coefficient (Wildman–Crippen LogP) is 1.39. The second-order valence-electron chi connectivity index (χ2n) is 3.89. The van der Waals surface area contributed by atoms with Gasteiger partial charge in [-0.05, 0) is 23.4 Å². The zero-order valence-corrected chi connectivity index (χ0v) is 9.62. The predicted molar refractivity (Wildman–Crippen MR) is 68.3 cm³/mol. The highest BCUT2D eigenvalue weighted by Crippen LogP contribution is 2.20. The van der Waals surface area contributed by atoms with E-state index in [-0.39, 0.29) is 17.1 Å². The smallest absolute Gasteiger partial charge is 0.197 e.